The molecule has 0 spiro atoms. The summed E-state index contributed by atoms with van der Waals surface area (Å²) in [6, 6.07) is 14.4. The molecular formula is C20H18FN3O2S. The van der Waals surface area contributed by atoms with E-state index in [1.807, 2.05) is 25.1 Å². The number of hydrogen-bond donors (Lipinski definition) is 3. The maximum absolute atomic E-state index is 13.8. The molecule has 2 N–H and O–H groups in total. The fourth-order valence-electron chi connectivity index (χ4n) is 2.70. The second-order valence-corrected chi connectivity index (χ2v) is 6.47. The van der Waals surface area contributed by atoms with E-state index in [-0.39, 0.29) is 10.6 Å². The number of nitrogens with one attached hydrogen (secondary N) is 2. The largest absolute Gasteiger partial charge is 0.344 e. The van der Waals surface area contributed by atoms with Crippen LogP contribution in [0, 0.1) is 5.82 Å². The zero-order chi connectivity index (χ0) is 19.4. The van der Waals surface area contributed by atoms with Gasteiger partial charge in [0.25, 0.3) is 11.5 Å². The number of hydrogen-bond acceptors (Lipinski definition) is 4. The van der Waals surface area contributed by atoms with Crippen LogP contribution in [0.3, 0.4) is 0 Å². The molecule has 5 nitrogen and oxygen atoms in total. The van der Waals surface area contributed by atoms with Crippen LogP contribution in [0.1, 0.15) is 35.4 Å². The average Bonchev–Trinajstić information content (AvgIpc) is 2.68. The molecule has 0 aliphatic heterocycles. The van der Waals surface area contributed by atoms with Crippen molar-refractivity contribution >= 4 is 18.5 Å². The summed E-state index contributed by atoms with van der Waals surface area (Å²) in [6.07, 6.45) is 0.547. The maximum Gasteiger partial charge on any atom is 0.270 e. The smallest absolute Gasteiger partial charge is 0.270 e. The van der Waals surface area contributed by atoms with Gasteiger partial charge in [-0.1, -0.05) is 43.3 Å². The van der Waals surface area contributed by atoms with Crippen LogP contribution in [0.15, 0.2) is 64.3 Å². The first-order chi connectivity index (χ1) is 13.0. The van der Waals surface area contributed by atoms with Gasteiger partial charge in [-0.2, -0.15) is 0 Å². The monoisotopic (exact) mass is 383 g/mol. The molecule has 0 saturated heterocycles. The van der Waals surface area contributed by atoms with Gasteiger partial charge >= 0.3 is 0 Å². The van der Waals surface area contributed by atoms with Crippen molar-refractivity contribution in [3.63, 3.8) is 0 Å². The van der Waals surface area contributed by atoms with Crippen molar-refractivity contribution in [2.24, 2.45) is 0 Å². The summed E-state index contributed by atoms with van der Waals surface area (Å²) >= 11 is 4.02. The van der Waals surface area contributed by atoms with E-state index in [1.54, 1.807) is 24.3 Å². The molecule has 0 radical (unpaired) electrons. The Morgan fingerprint density at radius 2 is 1.96 bits per heavy atom. The minimum Gasteiger partial charge on any atom is -0.344 e. The maximum atomic E-state index is 13.8. The van der Waals surface area contributed by atoms with E-state index in [9.17, 15) is 14.0 Å². The van der Waals surface area contributed by atoms with Crippen molar-refractivity contribution in [1.82, 2.24) is 15.3 Å². The highest BCUT2D eigenvalue weighted by Gasteiger charge is 2.17. The normalized spacial score (nSPS) is 11.8. The fraction of sp³-hybridized carbons (Fsp3) is 0.150. The molecule has 1 amide bonds. The van der Waals surface area contributed by atoms with Crippen LogP contribution in [0.2, 0.25) is 0 Å². The molecule has 0 fully saturated rings. The van der Waals surface area contributed by atoms with Gasteiger partial charge < -0.3 is 10.3 Å². The summed E-state index contributed by atoms with van der Waals surface area (Å²) in [4.78, 5) is 31.7. The van der Waals surface area contributed by atoms with Crippen LogP contribution in [-0.4, -0.2) is 15.9 Å². The Morgan fingerprint density at radius 1 is 1.22 bits per heavy atom. The SMILES string of the molecule is CC[C@@H](NC(=O)c1cc(=O)[nH]c(-c2ccccc2)n1)c1ccc(S)c(F)c1. The third-order valence-corrected chi connectivity index (χ3v) is 4.47. The lowest BCUT2D eigenvalue weighted by atomic mass is 10.0. The van der Waals surface area contributed by atoms with Crippen molar-refractivity contribution in [1.29, 1.82) is 0 Å². The molecule has 1 heterocycles. The molecule has 3 rings (SSSR count). The summed E-state index contributed by atoms with van der Waals surface area (Å²) < 4.78 is 13.8. The topological polar surface area (TPSA) is 74.8 Å². The number of aromatic nitrogens is 2. The second kappa shape index (κ2) is 8.18. The van der Waals surface area contributed by atoms with E-state index in [4.69, 9.17) is 0 Å². The summed E-state index contributed by atoms with van der Waals surface area (Å²) in [7, 11) is 0. The Hall–Kier alpha value is -2.93. The number of carbonyl (C=O) groups is 1. The van der Waals surface area contributed by atoms with Crippen molar-refractivity contribution in [2.75, 3.05) is 0 Å². The van der Waals surface area contributed by atoms with Crippen molar-refractivity contribution in [3.8, 4) is 11.4 Å². The minimum absolute atomic E-state index is 0.00217. The third kappa shape index (κ3) is 4.43. The molecule has 1 aromatic heterocycles. The zero-order valence-electron chi connectivity index (χ0n) is 14.6. The van der Waals surface area contributed by atoms with Gasteiger partial charge in [-0.3, -0.25) is 9.59 Å². The van der Waals surface area contributed by atoms with Gasteiger partial charge in [0.05, 0.1) is 6.04 Å². The highest BCUT2D eigenvalue weighted by Crippen LogP contribution is 2.22. The number of thiol groups is 1. The van der Waals surface area contributed by atoms with E-state index in [0.29, 0.717) is 23.4 Å². The van der Waals surface area contributed by atoms with E-state index in [2.05, 4.69) is 27.9 Å². The number of rotatable bonds is 5. The Bertz CT molecular complexity index is 1020. The summed E-state index contributed by atoms with van der Waals surface area (Å²) in [5.41, 5.74) is 0.895. The standard InChI is InChI=1S/C20H18FN3O2S/c1-2-15(13-8-9-17(27)14(21)10-13)23-20(26)16-11-18(25)24-19(22-16)12-6-4-3-5-7-12/h3-11,15,27H,2H2,1H3,(H,23,26)(H,22,24,25)/t15-/m1/s1. The summed E-state index contributed by atoms with van der Waals surface area (Å²) in [6.45, 7) is 1.87. The van der Waals surface area contributed by atoms with Gasteiger partial charge in [-0.15, -0.1) is 12.6 Å². The molecule has 1 atom stereocenters. The molecule has 7 heteroatoms. The number of H-pyrrole nitrogens is 1. The highest BCUT2D eigenvalue weighted by atomic mass is 32.1. The first-order valence-electron chi connectivity index (χ1n) is 8.44. The quantitative estimate of drug-likeness (QED) is 0.588. The van der Waals surface area contributed by atoms with Crippen molar-refractivity contribution in [2.45, 2.75) is 24.3 Å². The molecule has 0 aliphatic rings. The third-order valence-electron chi connectivity index (χ3n) is 4.11. The van der Waals surface area contributed by atoms with Crippen molar-refractivity contribution < 1.29 is 9.18 Å². The molecule has 0 bridgehead atoms. The van der Waals surface area contributed by atoms with E-state index in [0.717, 1.165) is 6.07 Å². The predicted molar refractivity (Wildman–Crippen MR) is 104 cm³/mol. The van der Waals surface area contributed by atoms with Crippen LogP contribution in [0.4, 0.5) is 4.39 Å². The number of halogens is 1. The lowest BCUT2D eigenvalue weighted by Gasteiger charge is -2.18. The predicted octanol–water partition coefficient (Wildman–Crippen LogP) is 3.75. The van der Waals surface area contributed by atoms with Crippen LogP contribution in [-0.2, 0) is 0 Å². The number of nitrogens with zero attached hydrogens (tertiary/aromatic N) is 1. The molecule has 138 valence electrons. The Balaban J connectivity index is 1.87. The number of carbonyl (C=O) groups excluding carboxylic acids is 1. The Kier molecular flexibility index (Phi) is 5.71. The second-order valence-electron chi connectivity index (χ2n) is 5.99. The van der Waals surface area contributed by atoms with Crippen LogP contribution >= 0.6 is 12.6 Å². The van der Waals surface area contributed by atoms with Gasteiger partial charge in [0.1, 0.15) is 17.3 Å². The number of benzene rings is 2. The van der Waals surface area contributed by atoms with Crippen LogP contribution in [0.5, 0.6) is 0 Å². The molecular weight excluding hydrogens is 365 g/mol. The summed E-state index contributed by atoms with van der Waals surface area (Å²) in [5.74, 6) is -0.642. The summed E-state index contributed by atoms with van der Waals surface area (Å²) in [5, 5.41) is 2.81. The van der Waals surface area contributed by atoms with Gasteiger partial charge in [0, 0.05) is 16.5 Å². The van der Waals surface area contributed by atoms with Gasteiger partial charge in [-0.05, 0) is 24.1 Å². The number of aromatic amines is 1. The van der Waals surface area contributed by atoms with Crippen LogP contribution < -0.4 is 10.9 Å². The van der Waals surface area contributed by atoms with Gasteiger partial charge in [-0.25, -0.2) is 9.37 Å². The molecule has 3 aromatic rings. The molecule has 0 aliphatic carbocycles. The Labute approximate surface area is 161 Å². The highest BCUT2D eigenvalue weighted by molar-refractivity contribution is 7.80. The molecule has 0 unspecified atom stereocenters. The number of amides is 1. The average molecular weight is 383 g/mol. The first-order valence-corrected chi connectivity index (χ1v) is 8.88. The van der Waals surface area contributed by atoms with E-state index in [1.165, 1.54) is 6.07 Å². The molecule has 2 aromatic carbocycles. The van der Waals surface area contributed by atoms with E-state index < -0.39 is 23.3 Å². The Morgan fingerprint density at radius 3 is 2.63 bits per heavy atom. The van der Waals surface area contributed by atoms with Crippen LogP contribution in [0.25, 0.3) is 11.4 Å². The lowest BCUT2D eigenvalue weighted by molar-refractivity contribution is 0.0930. The molecule has 27 heavy (non-hydrogen) atoms. The zero-order valence-corrected chi connectivity index (χ0v) is 15.5. The first kappa shape index (κ1) is 18.8. The van der Waals surface area contributed by atoms with Gasteiger partial charge in [0.15, 0.2) is 0 Å². The van der Waals surface area contributed by atoms with Gasteiger partial charge in [0.2, 0.25) is 0 Å². The molecule has 0 saturated carbocycles. The fourth-order valence-corrected chi connectivity index (χ4v) is 2.84. The van der Waals surface area contributed by atoms with Crippen molar-refractivity contribution in [3.05, 3.63) is 82.0 Å². The minimum atomic E-state index is -0.500. The lowest BCUT2D eigenvalue weighted by Crippen LogP contribution is -2.30. The van der Waals surface area contributed by atoms with E-state index >= 15 is 0 Å².